The van der Waals surface area contributed by atoms with Crippen LogP contribution in [0.2, 0.25) is 0 Å². The molecule has 4 rings (SSSR count). The van der Waals surface area contributed by atoms with Crippen molar-refractivity contribution in [3.8, 4) is 5.75 Å². The lowest BCUT2D eigenvalue weighted by Gasteiger charge is -2.34. The molecule has 1 amide bonds. The van der Waals surface area contributed by atoms with Crippen LogP contribution in [0.5, 0.6) is 5.75 Å². The Balaban J connectivity index is 1.66. The van der Waals surface area contributed by atoms with Crippen LogP contribution in [0.25, 0.3) is 10.2 Å². The van der Waals surface area contributed by atoms with Gasteiger partial charge in [0.15, 0.2) is 4.80 Å². The van der Waals surface area contributed by atoms with Crippen molar-refractivity contribution >= 4 is 37.5 Å². The number of hydrogen-bond donors (Lipinski definition) is 0. The first-order chi connectivity index (χ1) is 16.1. The molecule has 1 aliphatic heterocycles. The molecule has 1 fully saturated rings. The van der Waals surface area contributed by atoms with Gasteiger partial charge >= 0.3 is 0 Å². The second-order valence-corrected chi connectivity index (χ2v) is 12.0. The van der Waals surface area contributed by atoms with E-state index in [4.69, 9.17) is 4.74 Å². The van der Waals surface area contributed by atoms with Crippen LogP contribution in [0.1, 0.15) is 43.1 Å². The van der Waals surface area contributed by atoms with Gasteiger partial charge in [-0.05, 0) is 68.0 Å². The molecular formula is C25H31N3O4S2. The summed E-state index contributed by atoms with van der Waals surface area (Å²) in [4.78, 5) is 18.2. The number of ether oxygens (including phenoxy) is 1. The number of rotatable bonds is 5. The zero-order valence-electron chi connectivity index (χ0n) is 20.2. The molecule has 0 N–H and O–H groups in total. The minimum Gasteiger partial charge on any atom is -0.495 e. The van der Waals surface area contributed by atoms with Crippen LogP contribution in [0.3, 0.4) is 0 Å². The Labute approximate surface area is 204 Å². The van der Waals surface area contributed by atoms with Gasteiger partial charge in [-0.2, -0.15) is 9.30 Å². The molecule has 0 radical (unpaired) electrons. The molecule has 182 valence electrons. The molecule has 2 unspecified atom stereocenters. The molecule has 2 atom stereocenters. The minimum absolute atomic E-state index is 0.205. The van der Waals surface area contributed by atoms with Crippen molar-refractivity contribution in [2.45, 2.75) is 45.6 Å². The van der Waals surface area contributed by atoms with Crippen LogP contribution in [0, 0.1) is 18.8 Å². The third-order valence-corrected chi connectivity index (χ3v) is 9.35. The van der Waals surface area contributed by atoms with Gasteiger partial charge in [0.25, 0.3) is 5.91 Å². The maximum atomic E-state index is 13.1. The van der Waals surface area contributed by atoms with Crippen LogP contribution in [0.4, 0.5) is 0 Å². The van der Waals surface area contributed by atoms with Crippen molar-refractivity contribution in [1.29, 1.82) is 0 Å². The van der Waals surface area contributed by atoms with Gasteiger partial charge in [0.2, 0.25) is 10.0 Å². The number of piperidine rings is 1. The molecule has 1 saturated heterocycles. The van der Waals surface area contributed by atoms with Gasteiger partial charge < -0.3 is 9.30 Å². The molecule has 0 bridgehead atoms. The largest absolute Gasteiger partial charge is 0.495 e. The molecule has 0 aliphatic carbocycles. The highest BCUT2D eigenvalue weighted by Crippen LogP contribution is 2.30. The first-order valence-corrected chi connectivity index (χ1v) is 13.8. The number of aryl methyl sites for hydroxylation is 2. The zero-order valence-corrected chi connectivity index (χ0v) is 21.9. The van der Waals surface area contributed by atoms with E-state index >= 15 is 0 Å². The Morgan fingerprint density at radius 1 is 1.12 bits per heavy atom. The van der Waals surface area contributed by atoms with E-state index in [2.05, 4.69) is 18.8 Å². The molecule has 34 heavy (non-hydrogen) atoms. The van der Waals surface area contributed by atoms with Gasteiger partial charge in [0.1, 0.15) is 11.3 Å². The number of thiazole rings is 1. The molecule has 3 aromatic rings. The van der Waals surface area contributed by atoms with Gasteiger partial charge in [-0.3, -0.25) is 4.79 Å². The van der Waals surface area contributed by atoms with Crippen LogP contribution < -0.4 is 9.54 Å². The first kappa shape index (κ1) is 24.6. The van der Waals surface area contributed by atoms with Crippen LogP contribution >= 0.6 is 11.3 Å². The highest BCUT2D eigenvalue weighted by Gasteiger charge is 2.31. The van der Waals surface area contributed by atoms with Gasteiger partial charge in [0, 0.05) is 25.2 Å². The molecule has 7 nitrogen and oxygen atoms in total. The second kappa shape index (κ2) is 9.64. The molecule has 2 aromatic carbocycles. The summed E-state index contributed by atoms with van der Waals surface area (Å²) in [5.41, 5.74) is 2.36. The average Bonchev–Trinajstić information content (AvgIpc) is 3.17. The summed E-state index contributed by atoms with van der Waals surface area (Å²) < 4.78 is 36.4. The summed E-state index contributed by atoms with van der Waals surface area (Å²) in [6.07, 6.45) is 1.03. The normalized spacial score (nSPS) is 20.1. The van der Waals surface area contributed by atoms with Crippen molar-refractivity contribution < 1.29 is 17.9 Å². The fourth-order valence-corrected chi connectivity index (χ4v) is 7.55. The number of sulfonamides is 1. The number of carbonyl (C=O) groups is 1. The quantitative estimate of drug-likeness (QED) is 0.517. The third kappa shape index (κ3) is 4.56. The number of carbonyl (C=O) groups excluding carboxylic acids is 1. The molecule has 1 aromatic heterocycles. The van der Waals surface area contributed by atoms with Crippen molar-refractivity contribution in [2.75, 3.05) is 20.2 Å². The summed E-state index contributed by atoms with van der Waals surface area (Å²) in [5, 5.41) is 0. The van der Waals surface area contributed by atoms with Gasteiger partial charge in [-0.15, -0.1) is 0 Å². The SMILES string of the molecule is CCn1c(=NC(=O)c2ccc(S(=O)(=O)N3CC(C)CC(C)C3)cc2)sc2c(C)ccc(OC)c21. The van der Waals surface area contributed by atoms with Crippen molar-refractivity contribution in [2.24, 2.45) is 16.8 Å². The van der Waals surface area contributed by atoms with E-state index in [0.29, 0.717) is 41.8 Å². The fourth-order valence-electron chi connectivity index (χ4n) is 4.69. The first-order valence-electron chi connectivity index (χ1n) is 11.5. The van der Waals surface area contributed by atoms with Crippen LogP contribution in [-0.2, 0) is 16.6 Å². The third-order valence-electron chi connectivity index (χ3n) is 6.29. The number of aromatic nitrogens is 1. The van der Waals surface area contributed by atoms with E-state index in [0.717, 1.165) is 28.0 Å². The zero-order chi connectivity index (χ0) is 24.6. The van der Waals surface area contributed by atoms with E-state index in [9.17, 15) is 13.2 Å². The Kier molecular flexibility index (Phi) is 6.98. The molecule has 9 heteroatoms. The Morgan fingerprint density at radius 2 is 1.76 bits per heavy atom. The van der Waals surface area contributed by atoms with E-state index in [1.165, 1.54) is 23.5 Å². The summed E-state index contributed by atoms with van der Waals surface area (Å²) in [6, 6.07) is 10.0. The average molecular weight is 502 g/mol. The maximum absolute atomic E-state index is 13.1. The van der Waals surface area contributed by atoms with Gasteiger partial charge in [0.05, 0.1) is 16.7 Å². The summed E-state index contributed by atoms with van der Waals surface area (Å²) in [6.45, 7) is 9.86. The fraction of sp³-hybridized carbons (Fsp3) is 0.440. The predicted octanol–water partition coefficient (Wildman–Crippen LogP) is 4.45. The number of fused-ring (bicyclic) bond motifs is 1. The number of hydrogen-bond acceptors (Lipinski definition) is 5. The summed E-state index contributed by atoms with van der Waals surface area (Å²) in [7, 11) is -1.96. The Hall–Kier alpha value is -2.49. The highest BCUT2D eigenvalue weighted by molar-refractivity contribution is 7.89. The topological polar surface area (TPSA) is 81.0 Å². The standard InChI is InChI=1S/C25H31N3O4S2/c1-6-28-22-21(32-5)12-7-18(4)23(22)33-25(28)26-24(29)19-8-10-20(11-9-19)34(30,31)27-14-16(2)13-17(3)15-27/h7-12,16-17H,6,13-15H2,1-5H3. The lowest BCUT2D eigenvalue weighted by atomic mass is 9.94. The smallest absolute Gasteiger partial charge is 0.279 e. The maximum Gasteiger partial charge on any atom is 0.279 e. The Bertz CT molecular complexity index is 1380. The number of amides is 1. The van der Waals surface area contributed by atoms with Gasteiger partial charge in [-0.25, -0.2) is 8.42 Å². The lowest BCUT2D eigenvalue weighted by molar-refractivity contribution is 0.0997. The number of methoxy groups -OCH3 is 1. The molecule has 1 aliphatic rings. The second-order valence-electron chi connectivity index (χ2n) is 9.10. The predicted molar refractivity (Wildman–Crippen MR) is 135 cm³/mol. The minimum atomic E-state index is -3.59. The molecule has 0 saturated carbocycles. The van der Waals surface area contributed by atoms with E-state index < -0.39 is 15.9 Å². The van der Waals surface area contributed by atoms with Crippen molar-refractivity contribution in [1.82, 2.24) is 8.87 Å². The van der Waals surface area contributed by atoms with E-state index in [-0.39, 0.29) is 4.90 Å². The molecule has 0 spiro atoms. The molecule has 2 heterocycles. The Morgan fingerprint density at radius 3 is 2.35 bits per heavy atom. The van der Waals surface area contributed by atoms with Crippen LogP contribution in [-0.4, -0.2) is 43.4 Å². The van der Waals surface area contributed by atoms with Crippen molar-refractivity contribution in [3.63, 3.8) is 0 Å². The number of benzene rings is 2. The van der Waals surface area contributed by atoms with Crippen LogP contribution in [0.15, 0.2) is 46.3 Å². The highest BCUT2D eigenvalue weighted by atomic mass is 32.2. The van der Waals surface area contributed by atoms with Crippen molar-refractivity contribution in [3.05, 3.63) is 52.3 Å². The molecular weight excluding hydrogens is 470 g/mol. The summed E-state index contributed by atoms with van der Waals surface area (Å²) >= 11 is 1.45. The van der Waals surface area contributed by atoms with Gasteiger partial charge in [-0.1, -0.05) is 31.3 Å². The van der Waals surface area contributed by atoms with E-state index in [1.807, 2.05) is 30.5 Å². The number of nitrogens with zero attached hydrogens (tertiary/aromatic N) is 3. The summed E-state index contributed by atoms with van der Waals surface area (Å²) in [5.74, 6) is 0.983. The monoisotopic (exact) mass is 501 g/mol. The lowest BCUT2D eigenvalue weighted by Crippen LogP contribution is -2.42. The van der Waals surface area contributed by atoms with E-state index in [1.54, 1.807) is 23.5 Å².